The van der Waals surface area contributed by atoms with Crippen molar-refractivity contribution in [3.63, 3.8) is 0 Å². The van der Waals surface area contributed by atoms with E-state index in [1.54, 1.807) is 19.9 Å². The first-order chi connectivity index (χ1) is 19.9. The van der Waals surface area contributed by atoms with Crippen LogP contribution >= 0.6 is 0 Å². The molecular weight excluding hydrogens is 550 g/mol. The van der Waals surface area contributed by atoms with Gasteiger partial charge in [-0.1, -0.05) is 59.9 Å². The summed E-state index contributed by atoms with van der Waals surface area (Å²) < 4.78 is 36.4. The van der Waals surface area contributed by atoms with Crippen LogP contribution in [0.4, 0.5) is 14.4 Å². The SMILES string of the molecule is CCCCOC(=O)OC(C)[C@H](C)OC(=O)[C@@H](N)Cc1ccc(OC(=O)OCC(C)CC)c(OC(=O)OCC(C)CC)c1. The predicted octanol–water partition coefficient (Wildman–Crippen LogP) is 5.95. The lowest BCUT2D eigenvalue weighted by Crippen LogP contribution is -2.39. The Morgan fingerprint density at radius 3 is 1.83 bits per heavy atom. The molecule has 0 fully saturated rings. The summed E-state index contributed by atoms with van der Waals surface area (Å²) in [5, 5.41) is 0. The van der Waals surface area contributed by atoms with Crippen LogP contribution in [0.5, 0.6) is 11.5 Å². The minimum Gasteiger partial charge on any atom is -0.458 e. The summed E-state index contributed by atoms with van der Waals surface area (Å²) in [6.07, 6.45) is -1.15. The molecule has 238 valence electrons. The van der Waals surface area contributed by atoms with Gasteiger partial charge in [-0.25, -0.2) is 14.4 Å². The molecule has 1 aromatic rings. The molecule has 0 amide bonds. The third kappa shape index (κ3) is 14.4. The Morgan fingerprint density at radius 2 is 1.29 bits per heavy atom. The molecule has 0 radical (unpaired) electrons. The molecule has 3 unspecified atom stereocenters. The number of rotatable bonds is 17. The van der Waals surface area contributed by atoms with Gasteiger partial charge in [-0.15, -0.1) is 0 Å². The first-order valence-corrected chi connectivity index (χ1v) is 14.5. The first-order valence-electron chi connectivity index (χ1n) is 14.5. The van der Waals surface area contributed by atoms with Crippen LogP contribution < -0.4 is 15.2 Å². The monoisotopic (exact) mass is 597 g/mol. The van der Waals surface area contributed by atoms with Crippen LogP contribution in [0.2, 0.25) is 0 Å². The van der Waals surface area contributed by atoms with Crippen molar-refractivity contribution in [3.8, 4) is 11.5 Å². The standard InChI is InChI=1S/C30H47NO11/c1-8-11-14-36-28(33)40-22(7)21(6)39-27(32)24(31)15-23-12-13-25(41-29(34)37-17-19(4)9-2)26(16-23)42-30(35)38-18-20(5)10-3/h12-13,16,19-22,24H,8-11,14-15,17-18,31H2,1-7H3/t19?,20?,21-,22?,24-/m0/s1. The van der Waals surface area contributed by atoms with E-state index in [0.717, 1.165) is 19.3 Å². The summed E-state index contributed by atoms with van der Waals surface area (Å²) in [6, 6.07) is 3.27. The lowest BCUT2D eigenvalue weighted by atomic mass is 10.1. The van der Waals surface area contributed by atoms with Crippen LogP contribution in [0, 0.1) is 11.8 Å². The van der Waals surface area contributed by atoms with E-state index in [1.165, 1.54) is 12.1 Å². The molecule has 0 heterocycles. The van der Waals surface area contributed by atoms with Crippen LogP contribution in [0.25, 0.3) is 0 Å². The third-order valence-electron chi connectivity index (χ3n) is 6.48. The van der Waals surface area contributed by atoms with Crippen molar-refractivity contribution in [2.24, 2.45) is 17.6 Å². The van der Waals surface area contributed by atoms with Gasteiger partial charge in [0.1, 0.15) is 18.2 Å². The fourth-order valence-electron chi connectivity index (χ4n) is 3.02. The molecule has 0 aliphatic rings. The molecule has 2 N–H and O–H groups in total. The molecule has 0 saturated heterocycles. The Kier molecular flexibility index (Phi) is 17.0. The Labute approximate surface area is 248 Å². The zero-order chi connectivity index (χ0) is 31.7. The summed E-state index contributed by atoms with van der Waals surface area (Å²) >= 11 is 0. The molecule has 12 nitrogen and oxygen atoms in total. The maximum Gasteiger partial charge on any atom is 0.513 e. The highest BCUT2D eigenvalue weighted by Gasteiger charge is 2.25. The van der Waals surface area contributed by atoms with Crippen LogP contribution in [0.15, 0.2) is 18.2 Å². The van der Waals surface area contributed by atoms with Crippen molar-refractivity contribution in [2.75, 3.05) is 19.8 Å². The summed E-state index contributed by atoms with van der Waals surface area (Å²) in [5.74, 6) is -0.651. The molecule has 0 aliphatic heterocycles. The van der Waals surface area contributed by atoms with Gasteiger partial charge in [0.2, 0.25) is 0 Å². The molecule has 0 bridgehead atoms. The van der Waals surface area contributed by atoms with Gasteiger partial charge in [-0.05, 0) is 56.2 Å². The molecule has 12 heteroatoms. The van der Waals surface area contributed by atoms with Crippen LogP contribution in [0.1, 0.15) is 79.7 Å². The number of carbonyl (C=O) groups is 4. The molecule has 0 aliphatic carbocycles. The predicted molar refractivity (Wildman–Crippen MR) is 153 cm³/mol. The second-order valence-electron chi connectivity index (χ2n) is 10.4. The molecule has 0 aromatic heterocycles. The smallest absolute Gasteiger partial charge is 0.458 e. The highest BCUT2D eigenvalue weighted by Crippen LogP contribution is 2.30. The summed E-state index contributed by atoms with van der Waals surface area (Å²) in [5.41, 5.74) is 6.57. The van der Waals surface area contributed by atoms with Gasteiger partial charge in [0.15, 0.2) is 11.5 Å². The Morgan fingerprint density at radius 1 is 0.738 bits per heavy atom. The van der Waals surface area contributed by atoms with Gasteiger partial charge in [-0.3, -0.25) is 4.79 Å². The number of hydrogen-bond donors (Lipinski definition) is 1. The fourth-order valence-corrected chi connectivity index (χ4v) is 3.02. The van der Waals surface area contributed by atoms with Gasteiger partial charge in [0.05, 0.1) is 19.8 Å². The van der Waals surface area contributed by atoms with E-state index in [4.69, 9.17) is 38.9 Å². The van der Waals surface area contributed by atoms with Crippen LogP contribution in [-0.2, 0) is 34.9 Å². The Balaban J connectivity index is 2.90. The second-order valence-corrected chi connectivity index (χ2v) is 10.4. The van der Waals surface area contributed by atoms with E-state index in [9.17, 15) is 19.2 Å². The lowest BCUT2D eigenvalue weighted by molar-refractivity contribution is -0.155. The number of esters is 1. The molecule has 0 spiro atoms. The van der Waals surface area contributed by atoms with Crippen molar-refractivity contribution >= 4 is 24.4 Å². The van der Waals surface area contributed by atoms with Crippen LogP contribution in [-0.4, -0.2) is 62.5 Å². The van der Waals surface area contributed by atoms with Crippen molar-refractivity contribution in [3.05, 3.63) is 23.8 Å². The van der Waals surface area contributed by atoms with E-state index in [1.807, 2.05) is 34.6 Å². The summed E-state index contributed by atoms with van der Waals surface area (Å²) in [6.45, 7) is 13.4. The number of benzene rings is 1. The van der Waals surface area contributed by atoms with Gasteiger partial charge in [0.25, 0.3) is 0 Å². The zero-order valence-electron chi connectivity index (χ0n) is 25.8. The molecule has 42 heavy (non-hydrogen) atoms. The minimum absolute atomic E-state index is 0.00311. The number of nitrogens with two attached hydrogens (primary N) is 1. The minimum atomic E-state index is -1.10. The maximum atomic E-state index is 12.7. The van der Waals surface area contributed by atoms with Crippen molar-refractivity contribution in [1.82, 2.24) is 0 Å². The van der Waals surface area contributed by atoms with E-state index < -0.39 is 42.7 Å². The topological polar surface area (TPSA) is 159 Å². The Bertz CT molecular complexity index is 999. The van der Waals surface area contributed by atoms with Gasteiger partial charge in [0, 0.05) is 0 Å². The first kappa shape index (κ1) is 36.5. The summed E-state index contributed by atoms with van der Waals surface area (Å²) in [4.78, 5) is 49.0. The molecule has 0 saturated carbocycles. The van der Waals surface area contributed by atoms with Crippen molar-refractivity contribution < 1.29 is 52.3 Å². The average molecular weight is 598 g/mol. The molecule has 1 aromatic carbocycles. The van der Waals surface area contributed by atoms with Crippen molar-refractivity contribution in [2.45, 2.75) is 98.8 Å². The van der Waals surface area contributed by atoms with E-state index in [-0.39, 0.29) is 49.6 Å². The number of unbranched alkanes of at least 4 members (excludes halogenated alkanes) is 1. The van der Waals surface area contributed by atoms with Gasteiger partial charge in [-0.2, -0.15) is 0 Å². The molecule has 5 atom stereocenters. The fraction of sp³-hybridized carbons (Fsp3) is 0.667. The maximum absolute atomic E-state index is 12.7. The van der Waals surface area contributed by atoms with Crippen LogP contribution in [0.3, 0.4) is 0 Å². The van der Waals surface area contributed by atoms with Crippen molar-refractivity contribution in [1.29, 1.82) is 0 Å². The third-order valence-corrected chi connectivity index (χ3v) is 6.48. The Hall–Kier alpha value is -3.54. The quantitative estimate of drug-likeness (QED) is 0.0974. The second kappa shape index (κ2) is 19.6. The largest absolute Gasteiger partial charge is 0.513 e. The van der Waals surface area contributed by atoms with Gasteiger partial charge < -0.3 is 38.9 Å². The molecule has 1 rings (SSSR count). The highest BCUT2D eigenvalue weighted by atomic mass is 16.7. The van der Waals surface area contributed by atoms with E-state index in [2.05, 4.69) is 0 Å². The summed E-state index contributed by atoms with van der Waals surface area (Å²) in [7, 11) is 0. The average Bonchev–Trinajstić information content (AvgIpc) is 2.95. The zero-order valence-corrected chi connectivity index (χ0v) is 25.8. The van der Waals surface area contributed by atoms with E-state index in [0.29, 0.717) is 12.0 Å². The normalized spacial score (nSPS) is 14.4. The number of hydrogen-bond acceptors (Lipinski definition) is 12. The van der Waals surface area contributed by atoms with Gasteiger partial charge >= 0.3 is 24.4 Å². The number of ether oxygens (including phenoxy) is 7. The lowest BCUT2D eigenvalue weighted by Gasteiger charge is -2.22. The van der Waals surface area contributed by atoms with E-state index >= 15 is 0 Å². The highest BCUT2D eigenvalue weighted by molar-refractivity contribution is 5.76. The number of carbonyl (C=O) groups excluding carboxylic acids is 4. The molecular formula is C30H47NO11.